The summed E-state index contributed by atoms with van der Waals surface area (Å²) in [5, 5.41) is 0. The molecule has 0 bridgehead atoms. The lowest BCUT2D eigenvalue weighted by Crippen LogP contribution is -2.42. The van der Waals surface area contributed by atoms with Gasteiger partial charge in [-0.15, -0.1) is 0 Å². The molecule has 0 aliphatic rings. The minimum Gasteiger partial charge on any atom is -0.377 e. The van der Waals surface area contributed by atoms with E-state index >= 15 is 0 Å². The van der Waals surface area contributed by atoms with Crippen molar-refractivity contribution >= 4 is 31.4 Å². The first-order chi connectivity index (χ1) is 19.2. The maximum Gasteiger partial charge on any atom is 0.500 e. The second kappa shape index (κ2) is 33.3. The van der Waals surface area contributed by atoms with E-state index in [2.05, 4.69) is 22.6 Å². The zero-order chi connectivity index (χ0) is 28.5. The van der Waals surface area contributed by atoms with Crippen molar-refractivity contribution in [3.8, 4) is 0 Å². The minimum atomic E-state index is -2.34. The molecule has 0 unspecified atom stereocenters. The number of alkyl halides is 1. The standard InChI is InChI=1S/C34H71IO3Si/c1-36-39(37-2,38-3)34-32-30-28-26-24-22-20-18-16-14-12-10-8-6-4-5-7-9-11-13-15-17-19-21-23-25-27-29-31-33-35/h4-34H2,1-3H3. The monoisotopic (exact) mass is 682 g/mol. The second-order valence-corrected chi connectivity index (χ2v) is 16.2. The van der Waals surface area contributed by atoms with Crippen molar-refractivity contribution in [2.75, 3.05) is 25.8 Å². The number of unbranched alkanes of at least 4 members (excludes halogenated alkanes) is 28. The molecule has 0 aromatic heterocycles. The average Bonchev–Trinajstić information content (AvgIpc) is 2.96. The van der Waals surface area contributed by atoms with Gasteiger partial charge in [0.05, 0.1) is 0 Å². The first kappa shape index (κ1) is 39.8. The van der Waals surface area contributed by atoms with Crippen LogP contribution in [0.4, 0.5) is 0 Å². The molecule has 0 amide bonds. The van der Waals surface area contributed by atoms with Crippen molar-refractivity contribution in [2.24, 2.45) is 0 Å². The Morgan fingerprint density at radius 1 is 0.308 bits per heavy atom. The Bertz CT molecular complexity index is 440. The van der Waals surface area contributed by atoms with Crippen LogP contribution in [0, 0.1) is 0 Å². The van der Waals surface area contributed by atoms with E-state index in [9.17, 15) is 0 Å². The van der Waals surface area contributed by atoms with Gasteiger partial charge in [-0.25, -0.2) is 0 Å². The van der Waals surface area contributed by atoms with E-state index in [1.165, 1.54) is 184 Å². The summed E-state index contributed by atoms with van der Waals surface area (Å²) in [5.74, 6) is 0. The maximum absolute atomic E-state index is 5.50. The molecule has 0 aliphatic carbocycles. The summed E-state index contributed by atoms with van der Waals surface area (Å²) in [4.78, 5) is 0. The number of halogens is 1. The smallest absolute Gasteiger partial charge is 0.377 e. The van der Waals surface area contributed by atoms with Gasteiger partial charge in [0, 0.05) is 27.4 Å². The van der Waals surface area contributed by atoms with Crippen LogP contribution < -0.4 is 0 Å². The van der Waals surface area contributed by atoms with E-state index in [-0.39, 0.29) is 0 Å². The van der Waals surface area contributed by atoms with E-state index in [1.54, 1.807) is 21.3 Å². The van der Waals surface area contributed by atoms with Gasteiger partial charge in [0.15, 0.2) is 0 Å². The molecule has 0 spiro atoms. The van der Waals surface area contributed by atoms with Crippen LogP contribution in [0.5, 0.6) is 0 Å². The van der Waals surface area contributed by atoms with E-state index < -0.39 is 8.80 Å². The Morgan fingerprint density at radius 2 is 0.487 bits per heavy atom. The summed E-state index contributed by atoms with van der Waals surface area (Å²) in [5.41, 5.74) is 0. The van der Waals surface area contributed by atoms with Crippen LogP contribution in [0.1, 0.15) is 186 Å². The van der Waals surface area contributed by atoms with Gasteiger partial charge >= 0.3 is 8.80 Å². The van der Waals surface area contributed by atoms with Gasteiger partial charge in [-0.1, -0.05) is 196 Å². The van der Waals surface area contributed by atoms with Crippen LogP contribution in [0.2, 0.25) is 6.04 Å². The molecule has 236 valence electrons. The van der Waals surface area contributed by atoms with Gasteiger partial charge < -0.3 is 13.3 Å². The first-order valence-electron chi connectivity index (χ1n) is 17.5. The molecule has 3 nitrogen and oxygen atoms in total. The fourth-order valence-electron chi connectivity index (χ4n) is 5.77. The second-order valence-electron chi connectivity index (χ2n) is 12.0. The largest absolute Gasteiger partial charge is 0.500 e. The topological polar surface area (TPSA) is 27.7 Å². The quantitative estimate of drug-likeness (QED) is 0.0293. The van der Waals surface area contributed by atoms with Crippen molar-refractivity contribution in [1.82, 2.24) is 0 Å². The van der Waals surface area contributed by atoms with E-state index in [0.29, 0.717) is 0 Å². The van der Waals surface area contributed by atoms with Gasteiger partial charge in [-0.05, 0) is 17.3 Å². The third-order valence-electron chi connectivity index (χ3n) is 8.55. The van der Waals surface area contributed by atoms with Crippen LogP contribution in [0.25, 0.3) is 0 Å². The maximum atomic E-state index is 5.50. The fraction of sp³-hybridized carbons (Fsp3) is 1.00. The molecule has 0 aromatic rings. The highest BCUT2D eigenvalue weighted by molar-refractivity contribution is 14.1. The third kappa shape index (κ3) is 28.7. The van der Waals surface area contributed by atoms with Crippen molar-refractivity contribution in [2.45, 2.75) is 192 Å². The number of hydrogen-bond donors (Lipinski definition) is 0. The molecule has 0 saturated heterocycles. The highest BCUT2D eigenvalue weighted by Gasteiger charge is 2.36. The zero-order valence-corrected chi connectivity index (χ0v) is 30.2. The van der Waals surface area contributed by atoms with E-state index in [0.717, 1.165) is 12.5 Å². The SMILES string of the molecule is CO[Si](CCCCCCCCCCCCCCCCCCCCCCCCCCCCCCCI)(OC)OC. The van der Waals surface area contributed by atoms with Crippen molar-refractivity contribution in [3.63, 3.8) is 0 Å². The summed E-state index contributed by atoms with van der Waals surface area (Å²) < 4.78 is 17.8. The van der Waals surface area contributed by atoms with Crippen LogP contribution in [-0.4, -0.2) is 34.6 Å². The average molecular weight is 683 g/mol. The predicted octanol–water partition coefficient (Wildman–Crippen LogP) is 12.6. The summed E-state index contributed by atoms with van der Waals surface area (Å²) in [6.07, 6.45) is 41.8. The molecule has 0 saturated carbocycles. The fourth-order valence-corrected chi connectivity index (χ4v) is 8.10. The van der Waals surface area contributed by atoms with Crippen LogP contribution in [0.15, 0.2) is 0 Å². The molecule has 0 aromatic carbocycles. The summed E-state index contributed by atoms with van der Waals surface area (Å²) in [7, 11) is 2.79. The Morgan fingerprint density at radius 3 is 0.667 bits per heavy atom. The van der Waals surface area contributed by atoms with Gasteiger partial charge in [0.2, 0.25) is 0 Å². The Balaban J connectivity index is 3.12. The molecule has 0 radical (unpaired) electrons. The summed E-state index contributed by atoms with van der Waals surface area (Å²) in [6, 6.07) is 0.940. The summed E-state index contributed by atoms with van der Waals surface area (Å²) in [6.45, 7) is 0. The molecule has 0 aliphatic heterocycles. The molecule has 0 atom stereocenters. The molecule has 39 heavy (non-hydrogen) atoms. The Kier molecular flexibility index (Phi) is 34.0. The lowest BCUT2D eigenvalue weighted by atomic mass is 10.0. The molecule has 0 N–H and O–H groups in total. The highest BCUT2D eigenvalue weighted by atomic mass is 127. The highest BCUT2D eigenvalue weighted by Crippen LogP contribution is 2.19. The van der Waals surface area contributed by atoms with E-state index in [4.69, 9.17) is 13.3 Å². The van der Waals surface area contributed by atoms with Gasteiger partial charge in [-0.3, -0.25) is 0 Å². The van der Waals surface area contributed by atoms with Gasteiger partial charge in [-0.2, -0.15) is 0 Å². The zero-order valence-electron chi connectivity index (χ0n) is 27.0. The summed E-state index contributed by atoms with van der Waals surface area (Å²) >= 11 is 2.50. The molecule has 0 heterocycles. The number of hydrogen-bond acceptors (Lipinski definition) is 3. The molecule has 0 fully saturated rings. The first-order valence-corrected chi connectivity index (χ1v) is 20.9. The lowest BCUT2D eigenvalue weighted by Gasteiger charge is -2.24. The van der Waals surface area contributed by atoms with E-state index in [1.807, 2.05) is 0 Å². The van der Waals surface area contributed by atoms with Crippen molar-refractivity contribution in [1.29, 1.82) is 0 Å². The Hall–Kier alpha value is 0.827. The van der Waals surface area contributed by atoms with Gasteiger partial charge in [0.25, 0.3) is 0 Å². The Labute approximate surface area is 261 Å². The van der Waals surface area contributed by atoms with Crippen molar-refractivity contribution < 1.29 is 13.3 Å². The minimum absolute atomic E-state index is 0.940. The van der Waals surface area contributed by atoms with Crippen LogP contribution in [0.3, 0.4) is 0 Å². The normalized spacial score (nSPS) is 12.0. The van der Waals surface area contributed by atoms with Gasteiger partial charge in [0.1, 0.15) is 0 Å². The molecule has 5 heteroatoms. The molecular formula is C34H71IO3Si. The van der Waals surface area contributed by atoms with Crippen LogP contribution >= 0.6 is 22.6 Å². The molecular weight excluding hydrogens is 611 g/mol. The lowest BCUT2D eigenvalue weighted by molar-refractivity contribution is 0.122. The van der Waals surface area contributed by atoms with Crippen molar-refractivity contribution in [3.05, 3.63) is 0 Å². The van der Waals surface area contributed by atoms with Crippen LogP contribution in [-0.2, 0) is 13.3 Å². The third-order valence-corrected chi connectivity index (χ3v) is 12.1. The predicted molar refractivity (Wildman–Crippen MR) is 184 cm³/mol. The number of rotatable bonds is 34. The molecule has 0 rings (SSSR count).